The molecule has 2 aliphatic rings. The standard InChI is InChI=1S/C20H25N3O2S2/c1-4-9-23-19(25)17-14-8-5-12(2)10-15(14)27-18(17)21-20(23)26-11-16(24)22(3)13-6-7-13/h4,12-13H,1,5-11H2,2-3H3. The second kappa shape index (κ2) is 7.43. The molecule has 1 atom stereocenters. The van der Waals surface area contributed by atoms with E-state index in [1.54, 1.807) is 22.0 Å². The van der Waals surface area contributed by atoms with Crippen molar-refractivity contribution in [3.63, 3.8) is 0 Å². The highest BCUT2D eigenvalue weighted by molar-refractivity contribution is 7.99. The Morgan fingerprint density at radius 3 is 2.93 bits per heavy atom. The molecule has 4 rings (SSSR count). The highest BCUT2D eigenvalue weighted by Crippen LogP contribution is 2.36. The van der Waals surface area contributed by atoms with Crippen molar-refractivity contribution >= 4 is 39.2 Å². The van der Waals surface area contributed by atoms with Crippen molar-refractivity contribution in [1.82, 2.24) is 14.5 Å². The van der Waals surface area contributed by atoms with Crippen LogP contribution >= 0.6 is 23.1 Å². The molecule has 5 nitrogen and oxygen atoms in total. The van der Waals surface area contributed by atoms with Crippen molar-refractivity contribution in [3.05, 3.63) is 33.4 Å². The summed E-state index contributed by atoms with van der Waals surface area (Å²) in [5.41, 5.74) is 1.21. The van der Waals surface area contributed by atoms with Crippen LogP contribution in [0.4, 0.5) is 0 Å². The number of aromatic nitrogens is 2. The van der Waals surface area contributed by atoms with Crippen molar-refractivity contribution in [2.75, 3.05) is 12.8 Å². The van der Waals surface area contributed by atoms with E-state index in [1.165, 1.54) is 22.2 Å². The van der Waals surface area contributed by atoms with E-state index in [9.17, 15) is 9.59 Å². The van der Waals surface area contributed by atoms with E-state index < -0.39 is 0 Å². The van der Waals surface area contributed by atoms with Gasteiger partial charge in [-0.05, 0) is 43.6 Å². The number of hydrogen-bond acceptors (Lipinski definition) is 5. The van der Waals surface area contributed by atoms with E-state index in [4.69, 9.17) is 4.98 Å². The van der Waals surface area contributed by atoms with Crippen LogP contribution in [0, 0.1) is 5.92 Å². The van der Waals surface area contributed by atoms with Crippen molar-refractivity contribution in [3.8, 4) is 0 Å². The number of rotatable bonds is 6. The summed E-state index contributed by atoms with van der Waals surface area (Å²) in [6.45, 7) is 6.47. The number of thioether (sulfide) groups is 1. The van der Waals surface area contributed by atoms with E-state index in [0.29, 0.717) is 29.4 Å². The molecule has 0 aliphatic heterocycles. The molecular weight excluding hydrogens is 378 g/mol. The molecule has 0 bridgehead atoms. The first-order valence-electron chi connectivity index (χ1n) is 9.54. The minimum Gasteiger partial charge on any atom is -0.342 e. The highest BCUT2D eigenvalue weighted by Gasteiger charge is 2.30. The number of aryl methyl sites for hydroxylation is 1. The van der Waals surface area contributed by atoms with Crippen LogP contribution in [0.3, 0.4) is 0 Å². The molecule has 2 heterocycles. The van der Waals surface area contributed by atoms with Crippen molar-refractivity contribution < 1.29 is 4.79 Å². The highest BCUT2D eigenvalue weighted by atomic mass is 32.2. The van der Waals surface area contributed by atoms with Crippen LogP contribution in [0.15, 0.2) is 22.6 Å². The molecule has 0 N–H and O–H groups in total. The number of hydrogen-bond donors (Lipinski definition) is 0. The number of carbonyl (C=O) groups is 1. The zero-order valence-electron chi connectivity index (χ0n) is 15.9. The normalized spacial score (nSPS) is 19.1. The van der Waals surface area contributed by atoms with Gasteiger partial charge in [0.15, 0.2) is 5.16 Å². The lowest BCUT2D eigenvalue weighted by Gasteiger charge is -2.18. The maximum Gasteiger partial charge on any atom is 0.263 e. The van der Waals surface area contributed by atoms with E-state index >= 15 is 0 Å². The molecule has 7 heteroatoms. The summed E-state index contributed by atoms with van der Waals surface area (Å²) in [5.74, 6) is 1.07. The number of amides is 1. The lowest BCUT2D eigenvalue weighted by Crippen LogP contribution is -2.31. The molecule has 1 saturated carbocycles. The van der Waals surface area contributed by atoms with Crippen LogP contribution < -0.4 is 5.56 Å². The molecule has 144 valence electrons. The second-order valence-corrected chi connectivity index (χ2v) is 9.68. The van der Waals surface area contributed by atoms with Gasteiger partial charge in [0, 0.05) is 24.5 Å². The molecule has 1 fully saturated rings. The quantitative estimate of drug-likeness (QED) is 0.421. The molecule has 2 aromatic rings. The van der Waals surface area contributed by atoms with Gasteiger partial charge in [0.05, 0.1) is 11.1 Å². The van der Waals surface area contributed by atoms with Crippen molar-refractivity contribution in [2.24, 2.45) is 5.92 Å². The van der Waals surface area contributed by atoms with Gasteiger partial charge in [0.25, 0.3) is 5.56 Å². The third kappa shape index (κ3) is 3.59. The first kappa shape index (κ1) is 18.7. The molecule has 0 aromatic carbocycles. The van der Waals surface area contributed by atoms with Gasteiger partial charge in [0.1, 0.15) is 4.83 Å². The Labute approximate surface area is 167 Å². The predicted octanol–water partition coefficient (Wildman–Crippen LogP) is 3.48. The average Bonchev–Trinajstić information content (AvgIpc) is 3.42. The minimum atomic E-state index is 0.0115. The van der Waals surface area contributed by atoms with Crippen LogP contribution in [-0.2, 0) is 24.2 Å². The maximum absolute atomic E-state index is 13.2. The van der Waals surface area contributed by atoms with Gasteiger partial charge in [0.2, 0.25) is 5.91 Å². The molecule has 1 amide bonds. The summed E-state index contributed by atoms with van der Waals surface area (Å²) in [5, 5.41) is 1.41. The summed E-state index contributed by atoms with van der Waals surface area (Å²) < 4.78 is 1.68. The van der Waals surface area contributed by atoms with Crippen LogP contribution in [0.25, 0.3) is 10.2 Å². The van der Waals surface area contributed by atoms with E-state index in [2.05, 4.69) is 13.5 Å². The Morgan fingerprint density at radius 2 is 2.22 bits per heavy atom. The number of fused-ring (bicyclic) bond motifs is 3. The Bertz CT molecular complexity index is 958. The summed E-state index contributed by atoms with van der Waals surface area (Å²) in [7, 11) is 1.86. The van der Waals surface area contributed by atoms with Crippen molar-refractivity contribution in [2.45, 2.75) is 56.8 Å². The van der Waals surface area contributed by atoms with E-state index in [0.717, 1.165) is 42.3 Å². The molecule has 0 saturated heterocycles. The lowest BCUT2D eigenvalue weighted by atomic mass is 9.89. The van der Waals surface area contributed by atoms with E-state index in [-0.39, 0.29) is 11.5 Å². The summed E-state index contributed by atoms with van der Waals surface area (Å²) >= 11 is 3.02. The SMILES string of the molecule is C=CCn1c(SCC(=O)N(C)C2CC2)nc2sc3c(c2c1=O)CCC(C)C3. The molecule has 1 unspecified atom stereocenters. The first-order chi connectivity index (χ1) is 13.0. The fourth-order valence-corrected chi connectivity index (χ4v) is 6.05. The number of thiophene rings is 1. The van der Waals surface area contributed by atoms with Crippen LogP contribution in [0.1, 0.15) is 36.6 Å². The van der Waals surface area contributed by atoms with Crippen LogP contribution in [0.5, 0.6) is 0 Å². The third-order valence-corrected chi connectivity index (χ3v) is 7.61. The first-order valence-corrected chi connectivity index (χ1v) is 11.3. The lowest BCUT2D eigenvalue weighted by molar-refractivity contribution is -0.127. The van der Waals surface area contributed by atoms with Gasteiger partial charge in [-0.3, -0.25) is 14.2 Å². The molecule has 2 aromatic heterocycles. The number of allylic oxidation sites excluding steroid dienone is 1. The smallest absolute Gasteiger partial charge is 0.263 e. The summed E-state index contributed by atoms with van der Waals surface area (Å²) in [6.07, 6.45) is 7.02. The number of nitrogens with zero attached hydrogens (tertiary/aromatic N) is 3. The van der Waals surface area contributed by atoms with Gasteiger partial charge in [-0.1, -0.05) is 24.8 Å². The Balaban J connectivity index is 1.69. The zero-order chi connectivity index (χ0) is 19.1. The predicted molar refractivity (Wildman–Crippen MR) is 112 cm³/mol. The molecular formula is C20H25N3O2S2. The van der Waals surface area contributed by atoms with Gasteiger partial charge in [-0.15, -0.1) is 17.9 Å². The monoisotopic (exact) mass is 403 g/mol. The number of carbonyl (C=O) groups excluding carboxylic acids is 1. The molecule has 0 radical (unpaired) electrons. The Kier molecular flexibility index (Phi) is 5.16. The summed E-state index contributed by atoms with van der Waals surface area (Å²) in [4.78, 5) is 34.4. The van der Waals surface area contributed by atoms with Gasteiger partial charge >= 0.3 is 0 Å². The van der Waals surface area contributed by atoms with Crippen molar-refractivity contribution in [1.29, 1.82) is 0 Å². The summed E-state index contributed by atoms with van der Waals surface area (Å²) in [6, 6.07) is 0.398. The van der Waals surface area contributed by atoms with Crippen LogP contribution in [-0.4, -0.2) is 39.2 Å². The minimum absolute atomic E-state index is 0.0115. The second-order valence-electron chi connectivity index (χ2n) is 7.66. The fraction of sp³-hybridized carbons (Fsp3) is 0.550. The molecule has 2 aliphatic carbocycles. The molecule has 0 spiro atoms. The van der Waals surface area contributed by atoms with Gasteiger partial charge < -0.3 is 4.90 Å². The maximum atomic E-state index is 13.2. The third-order valence-electron chi connectivity index (χ3n) is 5.50. The van der Waals surface area contributed by atoms with E-state index in [1.807, 2.05) is 11.9 Å². The topological polar surface area (TPSA) is 55.2 Å². The van der Waals surface area contributed by atoms with Gasteiger partial charge in [-0.2, -0.15) is 0 Å². The molecule has 27 heavy (non-hydrogen) atoms. The zero-order valence-corrected chi connectivity index (χ0v) is 17.5. The average molecular weight is 404 g/mol. The Hall–Kier alpha value is -1.60. The van der Waals surface area contributed by atoms with Crippen LogP contribution in [0.2, 0.25) is 0 Å². The van der Waals surface area contributed by atoms with Gasteiger partial charge in [-0.25, -0.2) is 4.98 Å². The Morgan fingerprint density at radius 1 is 1.44 bits per heavy atom. The largest absolute Gasteiger partial charge is 0.342 e. The fourth-order valence-electron chi connectivity index (χ4n) is 3.70.